The van der Waals surface area contributed by atoms with E-state index in [0.717, 1.165) is 304 Å². The lowest BCUT2D eigenvalue weighted by molar-refractivity contribution is -0.890. The molecule has 4 saturated heterocycles. The van der Waals surface area contributed by atoms with E-state index in [1.807, 2.05) is 249 Å². The average molecular weight is 2020 g/mol. The maximum atomic E-state index is 13.3. The van der Waals surface area contributed by atoms with Crippen LogP contribution in [0.15, 0.2) is 297 Å². The van der Waals surface area contributed by atoms with Crippen LogP contribution in [-0.4, -0.2) is 312 Å². The molecule has 27 heteroatoms. The molecule has 8 amide bonds. The molecule has 786 valence electrons. The number of primary amides is 1. The summed E-state index contributed by atoms with van der Waals surface area (Å²) in [5.41, 5.74) is 18.9. The van der Waals surface area contributed by atoms with Crippen molar-refractivity contribution in [2.45, 2.75) is 121 Å². The first-order valence-electron chi connectivity index (χ1n) is 53.4. The number of hydrogen-bond acceptors (Lipinski definition) is 19. The second-order valence-electron chi connectivity index (χ2n) is 41.2. The lowest BCUT2D eigenvalue weighted by Gasteiger charge is -2.37. The highest BCUT2D eigenvalue weighted by Crippen LogP contribution is 2.44. The molecule has 10 aromatic carbocycles. The van der Waals surface area contributed by atoms with Gasteiger partial charge >= 0.3 is 18.3 Å². The molecule has 11 aromatic rings. The minimum atomic E-state index is -0.851. The van der Waals surface area contributed by atoms with Crippen molar-refractivity contribution in [2.24, 2.45) is 11.7 Å². The van der Waals surface area contributed by atoms with Gasteiger partial charge in [-0.15, -0.1) is 0 Å². The number of nitrogens with two attached hydrogens (primary N) is 1. The monoisotopic (exact) mass is 2020 g/mol. The average Bonchev–Trinajstić information content (AvgIpc) is 1.73. The van der Waals surface area contributed by atoms with E-state index in [4.69, 9.17) is 24.7 Å². The van der Waals surface area contributed by atoms with Crippen molar-refractivity contribution >= 4 is 64.9 Å². The highest BCUT2D eigenvalue weighted by molar-refractivity contribution is 6.22. The molecule has 17 rings (SSSR count). The number of para-hydroxylation sites is 3. The smallest absolute Gasteiger partial charge is 0.411 e. The Hall–Kier alpha value is -13.5. The fourth-order valence-corrected chi connectivity index (χ4v) is 20.4. The first-order valence-corrected chi connectivity index (χ1v) is 53.4. The number of carbonyl (C=O) groups is 8. The Morgan fingerprint density at radius 2 is 0.718 bits per heavy atom. The number of piperidine rings is 3. The van der Waals surface area contributed by atoms with E-state index in [-0.39, 0.29) is 59.9 Å². The van der Waals surface area contributed by atoms with Crippen LogP contribution < -0.4 is 21.7 Å². The first kappa shape index (κ1) is 111. The van der Waals surface area contributed by atoms with Crippen LogP contribution in [0.2, 0.25) is 0 Å². The van der Waals surface area contributed by atoms with E-state index < -0.39 is 17.6 Å². The molecule has 6 aliphatic heterocycles. The molecule has 0 unspecified atom stereocenters. The van der Waals surface area contributed by atoms with E-state index >= 15 is 0 Å². The number of carbonyl (C=O) groups excluding carboxylic acids is 8. The second-order valence-corrected chi connectivity index (χ2v) is 41.2. The van der Waals surface area contributed by atoms with Gasteiger partial charge in [0.25, 0.3) is 23.6 Å². The van der Waals surface area contributed by atoms with Gasteiger partial charge in [-0.1, -0.05) is 249 Å². The molecule has 1 atom stereocenters. The number of quaternary nitrogens is 2. The van der Waals surface area contributed by atoms with Gasteiger partial charge in [-0.05, 0) is 193 Å². The van der Waals surface area contributed by atoms with Gasteiger partial charge in [0.15, 0.2) is 0 Å². The van der Waals surface area contributed by atoms with Crippen LogP contribution in [0.25, 0.3) is 33.4 Å². The zero-order valence-corrected chi connectivity index (χ0v) is 88.2. The maximum Gasteiger partial charge on any atom is 0.411 e. The molecular formula is C122H153N15O12+2. The minimum absolute atomic E-state index is 0.0429. The molecule has 0 spiro atoms. The predicted octanol–water partition coefficient (Wildman–Crippen LogP) is 19.5. The Morgan fingerprint density at radius 1 is 0.362 bits per heavy atom. The first-order chi connectivity index (χ1) is 72.4. The third-order valence-electron chi connectivity index (χ3n) is 29.8. The summed E-state index contributed by atoms with van der Waals surface area (Å²) in [5, 5.41) is 8.82. The van der Waals surface area contributed by atoms with Gasteiger partial charge in [-0.3, -0.25) is 64.5 Å². The van der Waals surface area contributed by atoms with Crippen molar-refractivity contribution < 1.29 is 66.3 Å². The molecule has 0 radical (unpaired) electrons. The number of ether oxygens (including phenoxy) is 4. The number of unbranched alkanes of at least 4 members (excludes halogenated alkanes) is 4. The Morgan fingerprint density at radius 3 is 1.13 bits per heavy atom. The summed E-state index contributed by atoms with van der Waals surface area (Å²) in [6.45, 7) is 23.8. The number of nitrogens with one attached hydrogen (secondary N) is 3. The van der Waals surface area contributed by atoms with Crippen molar-refractivity contribution in [1.29, 1.82) is 0 Å². The number of likely N-dealkylation sites (N-methyl/N-ethyl adjacent to an activating group) is 4. The molecule has 27 nitrogen and oxygen atoms in total. The molecule has 149 heavy (non-hydrogen) atoms. The highest BCUT2D eigenvalue weighted by Gasteiger charge is 2.50. The molecule has 6 aliphatic rings. The van der Waals surface area contributed by atoms with Crippen LogP contribution in [0.4, 0.5) is 31.4 Å². The molecule has 0 bridgehead atoms. The predicted molar refractivity (Wildman–Crippen MR) is 591 cm³/mol. The van der Waals surface area contributed by atoms with Crippen LogP contribution in [-0.2, 0) is 35.7 Å². The Kier molecular flexibility index (Phi) is 42.0. The number of fused-ring (bicyclic) bond motifs is 2. The Bertz CT molecular complexity index is 5960. The van der Waals surface area contributed by atoms with Gasteiger partial charge < -0.3 is 53.2 Å². The van der Waals surface area contributed by atoms with Crippen molar-refractivity contribution in [1.82, 2.24) is 44.2 Å². The summed E-state index contributed by atoms with van der Waals surface area (Å²) < 4.78 is 24.9. The van der Waals surface area contributed by atoms with Crippen molar-refractivity contribution in [3.63, 3.8) is 0 Å². The number of likely N-dealkylation sites (tertiary alicyclic amines) is 4. The molecule has 7 heterocycles. The summed E-state index contributed by atoms with van der Waals surface area (Å²) >= 11 is 0. The number of pyridine rings is 1. The summed E-state index contributed by atoms with van der Waals surface area (Å²) in [7, 11) is 13.3. The molecule has 5 N–H and O–H groups in total. The number of aromatic nitrogens is 1. The SMILES string of the molecule is CC[N+](C)(C)CCOCCN1CCC(OC(=O)Nc2ccccc2-c2ccccc2)CC1.CN(CCCCCCN1C(=O)c2ccccc2C1=O)CCN1CC[C@H](C(C(N)=O)(c2ccccc2)c2ccccc2)C1.CN(CCN1CCC(OC(=O)Nc2ccccc2-c2ccccc2)CC1)CC[N+](C)(C)CCCCN1C(=O)c2ccccc2C1=O.O=C(Nc1ccccc1-c1ccccc1)OC1CCN(Cc2ccccn2)CC1. The van der Waals surface area contributed by atoms with E-state index in [1.54, 1.807) is 48.5 Å². The van der Waals surface area contributed by atoms with Gasteiger partial charge in [0.05, 0.1) is 106 Å². The number of anilines is 3. The third kappa shape index (κ3) is 32.5. The van der Waals surface area contributed by atoms with Gasteiger partial charge in [0, 0.05) is 128 Å². The lowest BCUT2D eigenvalue weighted by atomic mass is 9.64. The standard InChI is InChI=1S/C37H47N5O4.C35H42N4O3.C26H37N3O3.C24H25N3O2/c1-39(26-28-42(2,3)27-12-11-21-41-35(43)32-16-7-8-17-33(32)36(41)44)24-25-40-22-19-30(20-23-40)46-37(45)38-34-18-10-9-15-31(34)29-13-5-4-6-14-29;1-37(21-12-2-3-13-22-39-32(40)30-18-10-11-19-31(30)33(39)41)24-25-38-23-20-29(26-38)35(34(36)42,27-14-6-4-7-15-27)28-16-8-5-9-17-28;1-4-29(2,3)19-21-31-20-18-28-16-14-23(15-17-28)32-26(30)27-25-13-9-8-12-24(25)22-10-6-5-7-11-22;28-24(26-23-12-5-4-11-22(23)19-8-2-1-3-9-19)29-21-13-16-27(17-14-21)18-20-10-6-7-15-25-20/h4-10,13-18,30H,11-12,19-28H2,1-3H3;4-11,14-19,29H,2-3,12-13,20-26H2,1H3,(H2,36,42);5-13,23H,4,14-21H2,1-3H3;1-12,15,21H,13-14,16-18H2,(H,26,28)/p+2/t;29-;;/m.0../s1. The fraction of sp³-hybridized carbons (Fsp3) is 0.402. The van der Waals surface area contributed by atoms with Gasteiger partial charge in [-0.2, -0.15) is 0 Å². The second kappa shape index (κ2) is 56.2. The van der Waals surface area contributed by atoms with Gasteiger partial charge in [-0.25, -0.2) is 14.4 Å². The zero-order valence-electron chi connectivity index (χ0n) is 88.2. The maximum absolute atomic E-state index is 13.3. The van der Waals surface area contributed by atoms with Crippen LogP contribution in [0.1, 0.15) is 149 Å². The number of benzene rings is 10. The third-order valence-corrected chi connectivity index (χ3v) is 29.8. The normalized spacial score (nSPS) is 16.0. The van der Waals surface area contributed by atoms with E-state index in [2.05, 4.69) is 99.5 Å². The Balaban J connectivity index is 0.000000159. The van der Waals surface area contributed by atoms with Crippen LogP contribution >= 0.6 is 0 Å². The quantitative estimate of drug-likeness (QED) is 0.0120. The molecule has 0 aliphatic carbocycles. The van der Waals surface area contributed by atoms with Crippen LogP contribution in [0, 0.1) is 5.92 Å². The largest absolute Gasteiger partial charge is 0.446 e. The summed E-state index contributed by atoms with van der Waals surface area (Å²) in [6.07, 6.45) is 12.2. The van der Waals surface area contributed by atoms with Gasteiger partial charge in [0.1, 0.15) is 30.3 Å². The van der Waals surface area contributed by atoms with Crippen molar-refractivity contribution in [3.8, 4) is 33.4 Å². The van der Waals surface area contributed by atoms with E-state index in [1.165, 1.54) is 9.80 Å². The lowest BCUT2D eigenvalue weighted by Crippen LogP contribution is -2.49. The van der Waals surface area contributed by atoms with Crippen molar-refractivity contribution in [2.75, 3.05) is 209 Å². The molecule has 4 fully saturated rings. The molecular weight excluding hydrogens is 1870 g/mol. The topological polar surface area (TPSA) is 274 Å². The summed E-state index contributed by atoms with van der Waals surface area (Å²) in [6, 6.07) is 93.7. The fourth-order valence-electron chi connectivity index (χ4n) is 20.4. The number of imide groups is 2. The minimum Gasteiger partial charge on any atom is -0.446 e. The van der Waals surface area contributed by atoms with Crippen LogP contribution in [0.5, 0.6) is 0 Å². The zero-order chi connectivity index (χ0) is 105. The van der Waals surface area contributed by atoms with Crippen LogP contribution in [0.3, 0.4) is 0 Å². The van der Waals surface area contributed by atoms with Crippen molar-refractivity contribution in [3.05, 3.63) is 336 Å². The van der Waals surface area contributed by atoms with Gasteiger partial charge in [0.2, 0.25) is 5.91 Å². The summed E-state index contributed by atoms with van der Waals surface area (Å²) in [5.74, 6) is -0.850. The number of hydrogen-bond donors (Lipinski definition) is 4. The Labute approximate surface area is 881 Å². The number of rotatable bonds is 43. The van der Waals surface area contributed by atoms with E-state index in [9.17, 15) is 38.4 Å². The van der Waals surface area contributed by atoms with E-state index in [0.29, 0.717) is 35.3 Å². The molecule has 0 saturated carbocycles. The number of amides is 8. The summed E-state index contributed by atoms with van der Waals surface area (Å²) in [4.78, 5) is 123. The highest BCUT2D eigenvalue weighted by atomic mass is 16.6. The molecule has 1 aromatic heterocycles. The number of nitrogens with zero attached hydrogens (tertiary/aromatic N) is 11.